The maximum atomic E-state index is 13.5. The van der Waals surface area contributed by atoms with Crippen LogP contribution in [0.5, 0.6) is 0 Å². The van der Waals surface area contributed by atoms with Crippen molar-refractivity contribution in [2.24, 2.45) is 0 Å². The van der Waals surface area contributed by atoms with Gasteiger partial charge in [-0.05, 0) is 54.8 Å². The van der Waals surface area contributed by atoms with E-state index >= 15 is 0 Å². The standard InChI is InChI=1S/C24H21FN2O2/c25-17-12-10-16(11-13-17)15-27-20-7-2-1-5-18(20)26-19-6-3-8-21(28)23(19)24(27)22-9-4-14-29-22/h1-2,4-5,7,9-14,24,26H,3,6,8,15H2/t24-/m0/s1. The van der Waals surface area contributed by atoms with E-state index in [9.17, 15) is 9.18 Å². The number of nitrogens with one attached hydrogen (secondary N) is 1. The number of fused-ring (bicyclic) bond motifs is 1. The monoisotopic (exact) mass is 388 g/mol. The zero-order valence-electron chi connectivity index (χ0n) is 15.9. The average Bonchev–Trinajstić information content (AvgIpc) is 3.21. The number of benzene rings is 2. The van der Waals surface area contributed by atoms with Gasteiger partial charge in [0.25, 0.3) is 0 Å². The summed E-state index contributed by atoms with van der Waals surface area (Å²) < 4.78 is 19.3. The van der Waals surface area contributed by atoms with Gasteiger partial charge in [-0.1, -0.05) is 24.3 Å². The Morgan fingerprint density at radius 2 is 1.86 bits per heavy atom. The van der Waals surface area contributed by atoms with E-state index < -0.39 is 0 Å². The van der Waals surface area contributed by atoms with Crippen LogP contribution in [0.1, 0.15) is 36.6 Å². The Balaban J connectivity index is 1.70. The van der Waals surface area contributed by atoms with Crippen LogP contribution < -0.4 is 10.2 Å². The van der Waals surface area contributed by atoms with Crippen LogP contribution in [0.25, 0.3) is 0 Å². The lowest BCUT2D eigenvalue weighted by molar-refractivity contribution is -0.116. The minimum absolute atomic E-state index is 0.150. The quantitative estimate of drug-likeness (QED) is 0.634. The first-order valence-electron chi connectivity index (χ1n) is 9.87. The van der Waals surface area contributed by atoms with Crippen molar-refractivity contribution >= 4 is 17.2 Å². The Hall–Kier alpha value is -3.34. The summed E-state index contributed by atoms with van der Waals surface area (Å²) in [6, 6.07) is 18.0. The van der Waals surface area contributed by atoms with Gasteiger partial charge in [0.1, 0.15) is 17.6 Å². The summed E-state index contributed by atoms with van der Waals surface area (Å²) in [4.78, 5) is 15.2. The van der Waals surface area contributed by atoms with E-state index in [4.69, 9.17) is 4.42 Å². The third-order valence-corrected chi connectivity index (χ3v) is 5.62. The second-order valence-corrected chi connectivity index (χ2v) is 7.48. The molecule has 1 aliphatic carbocycles. The molecule has 1 aromatic heterocycles. The fourth-order valence-electron chi connectivity index (χ4n) is 4.30. The molecule has 0 amide bonds. The summed E-state index contributed by atoms with van der Waals surface area (Å²) in [5.41, 5.74) is 4.65. The molecule has 0 saturated carbocycles. The summed E-state index contributed by atoms with van der Waals surface area (Å²) in [6.07, 6.45) is 3.86. The van der Waals surface area contributed by atoms with Crippen LogP contribution in [0.15, 0.2) is 82.6 Å². The number of carbonyl (C=O) groups excluding carboxylic acids is 1. The number of anilines is 2. The number of rotatable bonds is 3. The molecule has 0 spiro atoms. The van der Waals surface area contributed by atoms with Crippen molar-refractivity contribution in [3.8, 4) is 0 Å². The van der Waals surface area contributed by atoms with Gasteiger partial charge in [-0.3, -0.25) is 4.79 Å². The lowest BCUT2D eigenvalue weighted by Crippen LogP contribution is -2.32. The molecule has 2 heterocycles. The summed E-state index contributed by atoms with van der Waals surface area (Å²) >= 11 is 0. The summed E-state index contributed by atoms with van der Waals surface area (Å²) in [7, 11) is 0. The van der Waals surface area contributed by atoms with E-state index in [2.05, 4.69) is 10.2 Å². The molecule has 0 unspecified atom stereocenters. The van der Waals surface area contributed by atoms with E-state index in [0.29, 0.717) is 13.0 Å². The van der Waals surface area contributed by atoms with Gasteiger partial charge in [-0.25, -0.2) is 4.39 Å². The van der Waals surface area contributed by atoms with Crippen LogP contribution in [-0.2, 0) is 11.3 Å². The maximum Gasteiger partial charge on any atom is 0.163 e. The van der Waals surface area contributed by atoms with Crippen LogP contribution in [0.4, 0.5) is 15.8 Å². The SMILES string of the molecule is O=C1CCCC2=C1[C@H](c1ccco1)N(Cc1ccc(F)cc1)c1ccccc1N2. The highest BCUT2D eigenvalue weighted by atomic mass is 19.1. The third kappa shape index (κ3) is 3.23. The molecule has 0 fully saturated rings. The normalized spacial score (nSPS) is 18.7. The van der Waals surface area contributed by atoms with Crippen molar-refractivity contribution in [1.29, 1.82) is 0 Å². The molecule has 29 heavy (non-hydrogen) atoms. The zero-order valence-corrected chi connectivity index (χ0v) is 15.9. The Morgan fingerprint density at radius 1 is 1.03 bits per heavy atom. The first-order valence-corrected chi connectivity index (χ1v) is 9.87. The largest absolute Gasteiger partial charge is 0.467 e. The average molecular weight is 388 g/mol. The topological polar surface area (TPSA) is 45.5 Å². The number of Topliss-reactive ketones (excluding diaryl/α,β-unsaturated/α-hetero) is 1. The number of furan rings is 1. The Morgan fingerprint density at radius 3 is 2.66 bits per heavy atom. The lowest BCUT2D eigenvalue weighted by Gasteiger charge is -2.34. The minimum Gasteiger partial charge on any atom is -0.467 e. The number of para-hydroxylation sites is 2. The number of ketones is 1. The second kappa shape index (κ2) is 7.24. The predicted molar refractivity (Wildman–Crippen MR) is 110 cm³/mol. The molecule has 0 bridgehead atoms. The third-order valence-electron chi connectivity index (χ3n) is 5.62. The first-order chi connectivity index (χ1) is 14.2. The molecule has 1 atom stereocenters. The van der Waals surface area contributed by atoms with Gasteiger partial charge in [0.15, 0.2) is 5.78 Å². The second-order valence-electron chi connectivity index (χ2n) is 7.48. The molecular formula is C24H21FN2O2. The molecule has 3 aromatic rings. The Kier molecular flexibility index (Phi) is 4.43. The van der Waals surface area contributed by atoms with Gasteiger partial charge in [-0.2, -0.15) is 0 Å². The van der Waals surface area contributed by atoms with Crippen molar-refractivity contribution < 1.29 is 13.6 Å². The molecule has 2 aliphatic rings. The molecule has 146 valence electrons. The van der Waals surface area contributed by atoms with E-state index in [0.717, 1.165) is 46.8 Å². The molecule has 5 heteroatoms. The molecule has 1 aliphatic heterocycles. The van der Waals surface area contributed by atoms with Gasteiger partial charge in [-0.15, -0.1) is 0 Å². The highest BCUT2D eigenvalue weighted by Crippen LogP contribution is 2.45. The Labute approximate surface area is 168 Å². The molecule has 1 N–H and O–H groups in total. The van der Waals surface area contributed by atoms with E-state index in [1.54, 1.807) is 18.4 Å². The highest BCUT2D eigenvalue weighted by Gasteiger charge is 2.38. The molecule has 2 aromatic carbocycles. The van der Waals surface area contributed by atoms with Gasteiger partial charge in [0.2, 0.25) is 0 Å². The van der Waals surface area contributed by atoms with Crippen LogP contribution in [0.3, 0.4) is 0 Å². The Bertz CT molecular complexity index is 1070. The van der Waals surface area contributed by atoms with E-state index in [1.165, 1.54) is 12.1 Å². The number of nitrogens with zero attached hydrogens (tertiary/aromatic N) is 1. The van der Waals surface area contributed by atoms with Crippen molar-refractivity contribution in [2.45, 2.75) is 31.8 Å². The van der Waals surface area contributed by atoms with Gasteiger partial charge in [0.05, 0.1) is 17.6 Å². The number of hydrogen-bond donors (Lipinski definition) is 1. The molecule has 5 rings (SSSR count). The molecule has 0 saturated heterocycles. The van der Waals surface area contributed by atoms with Gasteiger partial charge >= 0.3 is 0 Å². The van der Waals surface area contributed by atoms with E-state index in [1.807, 2.05) is 36.4 Å². The predicted octanol–water partition coefficient (Wildman–Crippen LogP) is 5.60. The fourth-order valence-corrected chi connectivity index (χ4v) is 4.30. The fraction of sp³-hybridized carbons (Fsp3) is 0.208. The van der Waals surface area contributed by atoms with Crippen molar-refractivity contribution in [3.63, 3.8) is 0 Å². The first kappa shape index (κ1) is 17.7. The highest BCUT2D eigenvalue weighted by molar-refractivity contribution is 6.00. The van der Waals surface area contributed by atoms with E-state index in [-0.39, 0.29) is 17.6 Å². The lowest BCUT2D eigenvalue weighted by atomic mass is 9.88. The van der Waals surface area contributed by atoms with Crippen LogP contribution in [0, 0.1) is 5.82 Å². The zero-order chi connectivity index (χ0) is 19.8. The number of allylic oxidation sites excluding steroid dienone is 1. The molecule has 4 nitrogen and oxygen atoms in total. The summed E-state index contributed by atoms with van der Waals surface area (Å²) in [5.74, 6) is 0.618. The molecule has 0 radical (unpaired) electrons. The van der Waals surface area contributed by atoms with Gasteiger partial charge in [0, 0.05) is 24.2 Å². The number of halogens is 1. The number of carbonyl (C=O) groups is 1. The van der Waals surface area contributed by atoms with Gasteiger partial charge < -0.3 is 14.6 Å². The van der Waals surface area contributed by atoms with Crippen LogP contribution in [-0.4, -0.2) is 5.78 Å². The van der Waals surface area contributed by atoms with Crippen molar-refractivity contribution in [1.82, 2.24) is 0 Å². The maximum absolute atomic E-state index is 13.5. The number of hydrogen-bond acceptors (Lipinski definition) is 4. The molecular weight excluding hydrogens is 367 g/mol. The van der Waals surface area contributed by atoms with Crippen LogP contribution in [0.2, 0.25) is 0 Å². The van der Waals surface area contributed by atoms with Crippen molar-refractivity contribution in [3.05, 3.63) is 95.3 Å². The van der Waals surface area contributed by atoms with Crippen molar-refractivity contribution in [2.75, 3.05) is 10.2 Å². The summed E-state index contributed by atoms with van der Waals surface area (Å²) in [6.45, 7) is 0.522. The minimum atomic E-state index is -0.339. The smallest absolute Gasteiger partial charge is 0.163 e. The summed E-state index contributed by atoms with van der Waals surface area (Å²) in [5, 5.41) is 3.52. The van der Waals surface area contributed by atoms with Crippen LogP contribution >= 0.6 is 0 Å².